The highest BCUT2D eigenvalue weighted by atomic mass is 16.5. The van der Waals surface area contributed by atoms with Gasteiger partial charge in [-0.05, 0) is 18.9 Å². The first kappa shape index (κ1) is 17.5. The second kappa shape index (κ2) is 7.64. The number of carbonyl (C=O) groups excluding carboxylic acids is 2. The van der Waals surface area contributed by atoms with Crippen molar-refractivity contribution in [1.29, 1.82) is 0 Å². The van der Waals surface area contributed by atoms with Crippen LogP contribution in [-0.2, 0) is 22.5 Å². The van der Waals surface area contributed by atoms with Crippen molar-refractivity contribution in [2.45, 2.75) is 26.3 Å². The molecule has 24 heavy (non-hydrogen) atoms. The van der Waals surface area contributed by atoms with E-state index in [1.165, 1.54) is 7.11 Å². The summed E-state index contributed by atoms with van der Waals surface area (Å²) in [5.41, 5.74) is 9.48. The average Bonchev–Trinajstić information content (AvgIpc) is 2.86. The summed E-state index contributed by atoms with van der Waals surface area (Å²) < 4.78 is 6.73. The monoisotopic (exact) mass is 326 g/mol. The van der Waals surface area contributed by atoms with Crippen LogP contribution >= 0.6 is 0 Å². The van der Waals surface area contributed by atoms with Gasteiger partial charge in [0, 0.05) is 23.5 Å². The molecule has 1 amide bonds. The van der Waals surface area contributed by atoms with Crippen molar-refractivity contribution in [2.24, 2.45) is 5.73 Å². The second-order valence-electron chi connectivity index (χ2n) is 5.49. The van der Waals surface area contributed by atoms with E-state index in [9.17, 15) is 9.59 Å². The zero-order valence-electron chi connectivity index (χ0n) is 14.0. The zero-order valence-corrected chi connectivity index (χ0v) is 14.0. The van der Waals surface area contributed by atoms with E-state index in [0.717, 1.165) is 22.5 Å². The van der Waals surface area contributed by atoms with Gasteiger partial charge < -0.3 is 15.0 Å². The van der Waals surface area contributed by atoms with E-state index in [0.29, 0.717) is 18.5 Å². The molecule has 2 aromatic rings. The first-order valence-corrected chi connectivity index (χ1v) is 7.76. The van der Waals surface area contributed by atoms with Gasteiger partial charge in [-0.15, -0.1) is 6.58 Å². The molecule has 0 aliphatic rings. The van der Waals surface area contributed by atoms with Crippen molar-refractivity contribution in [2.75, 3.05) is 7.11 Å². The van der Waals surface area contributed by atoms with Crippen LogP contribution < -0.4 is 5.73 Å². The summed E-state index contributed by atoms with van der Waals surface area (Å²) in [5, 5.41) is 0. The number of methoxy groups -OCH3 is 1. The number of hydrogen-bond donors (Lipinski definition) is 1. The third-order valence-corrected chi connectivity index (χ3v) is 4.05. The molecular weight excluding hydrogens is 304 g/mol. The maximum absolute atomic E-state index is 12.1. The Bertz CT molecular complexity index is 761. The van der Waals surface area contributed by atoms with Crippen LogP contribution in [-0.4, -0.2) is 23.6 Å². The number of allylic oxidation sites excluding steroid dienone is 1. The molecule has 0 fully saturated rings. The number of ether oxygens (including phenoxy) is 1. The molecule has 0 radical (unpaired) electrons. The molecule has 0 saturated heterocycles. The van der Waals surface area contributed by atoms with Crippen LogP contribution in [0.5, 0.6) is 0 Å². The van der Waals surface area contributed by atoms with Crippen molar-refractivity contribution >= 4 is 11.9 Å². The molecule has 0 aliphatic carbocycles. The third-order valence-electron chi connectivity index (χ3n) is 4.05. The number of nitrogens with two attached hydrogens (primary N) is 1. The molecule has 0 atom stereocenters. The molecule has 1 aromatic carbocycles. The smallest absolute Gasteiger partial charge is 0.305 e. The lowest BCUT2D eigenvalue weighted by molar-refractivity contribution is -0.140. The van der Waals surface area contributed by atoms with Crippen molar-refractivity contribution in [3.63, 3.8) is 0 Å². The molecule has 2 rings (SSSR count). The number of amides is 1. The van der Waals surface area contributed by atoms with Gasteiger partial charge in [-0.25, -0.2) is 0 Å². The predicted molar refractivity (Wildman–Crippen MR) is 93.7 cm³/mol. The van der Waals surface area contributed by atoms with Crippen molar-refractivity contribution in [3.05, 3.63) is 59.9 Å². The number of aromatic nitrogens is 1. The quantitative estimate of drug-likeness (QED) is 0.628. The van der Waals surface area contributed by atoms with Gasteiger partial charge in [0.2, 0.25) is 0 Å². The van der Waals surface area contributed by atoms with E-state index in [1.54, 1.807) is 6.08 Å². The topological polar surface area (TPSA) is 74.3 Å². The summed E-state index contributed by atoms with van der Waals surface area (Å²) in [4.78, 5) is 23.7. The van der Waals surface area contributed by atoms with Crippen molar-refractivity contribution in [3.8, 4) is 11.1 Å². The van der Waals surface area contributed by atoms with Gasteiger partial charge in [-0.2, -0.15) is 0 Å². The van der Waals surface area contributed by atoms with Crippen LogP contribution in [0.1, 0.15) is 28.2 Å². The zero-order chi connectivity index (χ0) is 17.7. The van der Waals surface area contributed by atoms with Crippen LogP contribution in [0.3, 0.4) is 0 Å². The Hall–Kier alpha value is -2.82. The minimum Gasteiger partial charge on any atom is -0.469 e. The van der Waals surface area contributed by atoms with Crippen LogP contribution in [0.15, 0.2) is 43.0 Å². The lowest BCUT2D eigenvalue weighted by Gasteiger charge is -2.11. The standard InChI is InChI=1S/C19H22N2O3/c1-4-12-21-13(2)17(19(20)23)18(14-8-6-5-7-9-14)15(21)10-11-16(22)24-3/h4-9H,1,10-12H2,2-3H3,(H2,20,23). The summed E-state index contributed by atoms with van der Waals surface area (Å²) >= 11 is 0. The number of benzene rings is 1. The molecule has 1 heterocycles. The van der Waals surface area contributed by atoms with E-state index < -0.39 is 5.91 Å². The molecule has 0 unspecified atom stereocenters. The van der Waals surface area contributed by atoms with E-state index in [-0.39, 0.29) is 12.4 Å². The van der Waals surface area contributed by atoms with E-state index in [4.69, 9.17) is 10.5 Å². The number of carbonyl (C=O) groups is 2. The average molecular weight is 326 g/mol. The highest BCUT2D eigenvalue weighted by Crippen LogP contribution is 2.33. The largest absolute Gasteiger partial charge is 0.469 e. The third kappa shape index (κ3) is 3.40. The summed E-state index contributed by atoms with van der Waals surface area (Å²) in [7, 11) is 1.36. The van der Waals surface area contributed by atoms with Gasteiger partial charge in [-0.1, -0.05) is 36.4 Å². The number of nitrogens with zero attached hydrogens (tertiary/aromatic N) is 1. The van der Waals surface area contributed by atoms with Crippen LogP contribution in [0.25, 0.3) is 11.1 Å². The molecule has 0 saturated carbocycles. The Balaban J connectivity index is 2.67. The summed E-state index contributed by atoms with van der Waals surface area (Å²) in [6, 6.07) is 9.59. The van der Waals surface area contributed by atoms with Gasteiger partial charge in [0.05, 0.1) is 19.1 Å². The molecule has 5 nitrogen and oxygen atoms in total. The highest BCUT2D eigenvalue weighted by molar-refractivity contribution is 6.02. The van der Waals surface area contributed by atoms with Gasteiger partial charge in [0.25, 0.3) is 5.91 Å². The minimum atomic E-state index is -0.478. The summed E-state index contributed by atoms with van der Waals surface area (Å²) in [6.45, 7) is 6.17. The van der Waals surface area contributed by atoms with Gasteiger partial charge >= 0.3 is 5.97 Å². The first-order valence-electron chi connectivity index (χ1n) is 7.76. The van der Waals surface area contributed by atoms with Gasteiger partial charge in [0.15, 0.2) is 0 Å². The van der Waals surface area contributed by atoms with Crippen molar-refractivity contribution < 1.29 is 14.3 Å². The number of hydrogen-bond acceptors (Lipinski definition) is 3. The Kier molecular flexibility index (Phi) is 5.58. The molecule has 1 aromatic heterocycles. The molecule has 126 valence electrons. The second-order valence-corrected chi connectivity index (χ2v) is 5.49. The van der Waals surface area contributed by atoms with E-state index >= 15 is 0 Å². The molecule has 0 bridgehead atoms. The Morgan fingerprint density at radius 1 is 1.29 bits per heavy atom. The first-order chi connectivity index (χ1) is 11.5. The Labute approximate surface area is 141 Å². The summed E-state index contributed by atoms with van der Waals surface area (Å²) in [6.07, 6.45) is 2.45. The fourth-order valence-electron chi connectivity index (χ4n) is 2.97. The van der Waals surface area contributed by atoms with Crippen molar-refractivity contribution in [1.82, 2.24) is 4.57 Å². The SMILES string of the molecule is C=CCn1c(C)c(C(N)=O)c(-c2ccccc2)c1CCC(=O)OC. The van der Waals surface area contributed by atoms with Crippen LogP contribution in [0.2, 0.25) is 0 Å². The Morgan fingerprint density at radius 3 is 2.50 bits per heavy atom. The van der Waals surface area contributed by atoms with Crippen LogP contribution in [0, 0.1) is 6.92 Å². The maximum Gasteiger partial charge on any atom is 0.305 e. The Morgan fingerprint density at radius 2 is 1.96 bits per heavy atom. The number of rotatable bonds is 7. The van der Waals surface area contributed by atoms with Gasteiger partial charge in [0.1, 0.15) is 0 Å². The van der Waals surface area contributed by atoms with E-state index in [1.807, 2.05) is 41.8 Å². The molecular formula is C19H22N2O3. The highest BCUT2D eigenvalue weighted by Gasteiger charge is 2.24. The molecule has 2 N–H and O–H groups in total. The maximum atomic E-state index is 12.1. The molecule has 5 heteroatoms. The van der Waals surface area contributed by atoms with Gasteiger partial charge in [-0.3, -0.25) is 9.59 Å². The number of primary amides is 1. The predicted octanol–water partition coefficient (Wildman–Crippen LogP) is 2.85. The lowest BCUT2D eigenvalue weighted by Crippen LogP contribution is -2.13. The fourth-order valence-corrected chi connectivity index (χ4v) is 2.97. The fraction of sp³-hybridized carbons (Fsp3) is 0.263. The normalized spacial score (nSPS) is 10.4. The van der Waals surface area contributed by atoms with E-state index in [2.05, 4.69) is 6.58 Å². The van der Waals surface area contributed by atoms with Crippen LogP contribution in [0.4, 0.5) is 0 Å². The molecule has 0 aliphatic heterocycles. The minimum absolute atomic E-state index is 0.231. The lowest BCUT2D eigenvalue weighted by atomic mass is 9.98. The summed E-state index contributed by atoms with van der Waals surface area (Å²) in [5.74, 6) is -0.771. The molecule has 0 spiro atoms. The number of esters is 1.